The maximum atomic E-state index is 5.80. The summed E-state index contributed by atoms with van der Waals surface area (Å²) >= 11 is 0. The van der Waals surface area contributed by atoms with Gasteiger partial charge in [-0.05, 0) is 37.6 Å². The summed E-state index contributed by atoms with van der Waals surface area (Å²) in [7, 11) is -0.206. The van der Waals surface area contributed by atoms with Crippen LogP contribution in [0.4, 0.5) is 0 Å². The molecule has 0 saturated carbocycles. The summed E-state index contributed by atoms with van der Waals surface area (Å²) in [4.78, 5) is 0. The minimum absolute atomic E-state index is 0.0853. The maximum absolute atomic E-state index is 5.80. The summed E-state index contributed by atoms with van der Waals surface area (Å²) in [5.74, 6) is 0. The molecule has 1 aliphatic heterocycles. The second-order valence-corrected chi connectivity index (χ2v) is 9.93. The van der Waals surface area contributed by atoms with Crippen LogP contribution in [-0.4, -0.2) is 28.3 Å². The van der Waals surface area contributed by atoms with E-state index in [0.717, 1.165) is 25.2 Å². The molecule has 23 heavy (non-hydrogen) atoms. The monoisotopic (exact) mass is 339 g/mol. The average molecular weight is 340 g/mol. The van der Waals surface area contributed by atoms with Gasteiger partial charge in [0.05, 0.1) is 8.80 Å². The van der Waals surface area contributed by atoms with E-state index in [2.05, 4.69) is 26.5 Å². The molecule has 0 aromatic heterocycles. The predicted octanol–water partition coefficient (Wildman–Crippen LogP) is 6.35. The first-order valence-electron chi connectivity index (χ1n) is 10.0. The Bertz CT molecular complexity index is 271. The zero-order valence-electron chi connectivity index (χ0n) is 15.7. The van der Waals surface area contributed by atoms with Gasteiger partial charge in [0.1, 0.15) is 0 Å². The standard InChI is InChI=1S/C20H39O2Si/c1-4-17-23(18-5-2)19(6-3)13-9-7-8-11-15-21-20-14-10-12-16-22-20/h6,19-20H,3-5,7-18H2,1-2H3. The highest BCUT2D eigenvalue weighted by atomic mass is 28.3. The lowest BCUT2D eigenvalue weighted by Gasteiger charge is -2.23. The highest BCUT2D eigenvalue weighted by Gasteiger charge is 2.18. The van der Waals surface area contributed by atoms with Crippen molar-refractivity contribution in [3.63, 3.8) is 0 Å². The number of rotatable bonds is 14. The van der Waals surface area contributed by atoms with Crippen LogP contribution in [0, 0.1) is 0 Å². The fourth-order valence-corrected chi connectivity index (χ4v) is 6.73. The smallest absolute Gasteiger partial charge is 0.157 e. The van der Waals surface area contributed by atoms with E-state index >= 15 is 0 Å². The molecule has 0 spiro atoms. The second-order valence-electron chi connectivity index (χ2n) is 6.87. The Morgan fingerprint density at radius 2 is 1.87 bits per heavy atom. The van der Waals surface area contributed by atoms with Crippen molar-refractivity contribution < 1.29 is 9.47 Å². The second kappa shape index (κ2) is 14.2. The molecule has 1 saturated heterocycles. The van der Waals surface area contributed by atoms with E-state index in [9.17, 15) is 0 Å². The fraction of sp³-hybridized carbons (Fsp3) is 0.900. The quantitative estimate of drug-likeness (QED) is 0.208. The van der Waals surface area contributed by atoms with Gasteiger partial charge >= 0.3 is 0 Å². The molecule has 0 aliphatic carbocycles. The Morgan fingerprint density at radius 3 is 2.48 bits per heavy atom. The molecule has 3 heteroatoms. The summed E-state index contributed by atoms with van der Waals surface area (Å²) in [6, 6.07) is 2.93. The summed E-state index contributed by atoms with van der Waals surface area (Å²) in [5.41, 5.74) is 0.826. The van der Waals surface area contributed by atoms with Crippen LogP contribution in [0.1, 0.15) is 78.1 Å². The van der Waals surface area contributed by atoms with E-state index in [4.69, 9.17) is 9.47 Å². The van der Waals surface area contributed by atoms with Gasteiger partial charge in [0, 0.05) is 13.2 Å². The van der Waals surface area contributed by atoms with Crippen LogP contribution in [0.3, 0.4) is 0 Å². The van der Waals surface area contributed by atoms with Crippen LogP contribution < -0.4 is 0 Å². The molecular formula is C20H39O2Si. The van der Waals surface area contributed by atoms with Gasteiger partial charge in [0.2, 0.25) is 0 Å². The molecule has 0 aromatic carbocycles. The molecule has 1 rings (SSSR count). The Balaban J connectivity index is 2.03. The molecule has 0 aromatic rings. The van der Waals surface area contributed by atoms with Crippen molar-refractivity contribution in [2.75, 3.05) is 13.2 Å². The zero-order valence-corrected chi connectivity index (χ0v) is 16.7. The third-order valence-electron chi connectivity index (χ3n) is 4.80. The van der Waals surface area contributed by atoms with Gasteiger partial charge in [-0.25, -0.2) is 0 Å². The van der Waals surface area contributed by atoms with Crippen molar-refractivity contribution in [3.05, 3.63) is 12.7 Å². The van der Waals surface area contributed by atoms with Crippen LogP contribution in [0.5, 0.6) is 0 Å². The van der Waals surface area contributed by atoms with E-state index in [1.807, 2.05) is 0 Å². The predicted molar refractivity (Wildman–Crippen MR) is 103 cm³/mol. The van der Waals surface area contributed by atoms with Crippen molar-refractivity contribution in [2.45, 2.75) is 102 Å². The highest BCUT2D eigenvalue weighted by Crippen LogP contribution is 2.27. The first kappa shape index (κ1) is 20.9. The average Bonchev–Trinajstić information content (AvgIpc) is 2.58. The Labute approximate surface area is 146 Å². The zero-order chi connectivity index (χ0) is 16.8. The lowest BCUT2D eigenvalue weighted by atomic mass is 10.1. The number of unbranched alkanes of at least 4 members (excludes halogenated alkanes) is 3. The van der Waals surface area contributed by atoms with Crippen molar-refractivity contribution in [1.82, 2.24) is 0 Å². The van der Waals surface area contributed by atoms with Crippen molar-refractivity contribution in [1.29, 1.82) is 0 Å². The number of allylic oxidation sites excluding steroid dienone is 1. The van der Waals surface area contributed by atoms with Crippen LogP contribution in [0.15, 0.2) is 12.7 Å². The van der Waals surface area contributed by atoms with Gasteiger partial charge < -0.3 is 9.47 Å². The third-order valence-corrected chi connectivity index (χ3v) is 8.66. The summed E-state index contributed by atoms with van der Waals surface area (Å²) in [6.07, 6.45) is 15.1. The Kier molecular flexibility index (Phi) is 13.0. The summed E-state index contributed by atoms with van der Waals surface area (Å²) < 4.78 is 11.4. The highest BCUT2D eigenvalue weighted by molar-refractivity contribution is 6.61. The van der Waals surface area contributed by atoms with Gasteiger partial charge in [-0.2, -0.15) is 0 Å². The largest absolute Gasteiger partial charge is 0.353 e. The molecule has 0 bridgehead atoms. The van der Waals surface area contributed by atoms with Gasteiger partial charge in [-0.3, -0.25) is 0 Å². The van der Waals surface area contributed by atoms with Crippen molar-refractivity contribution in [2.24, 2.45) is 0 Å². The first-order valence-corrected chi connectivity index (χ1v) is 12.0. The molecule has 1 aliphatic rings. The molecule has 1 heterocycles. The van der Waals surface area contributed by atoms with Crippen LogP contribution in [-0.2, 0) is 9.47 Å². The summed E-state index contributed by atoms with van der Waals surface area (Å²) in [6.45, 7) is 10.5. The number of ether oxygens (including phenoxy) is 2. The Morgan fingerprint density at radius 1 is 1.13 bits per heavy atom. The molecular weight excluding hydrogens is 300 g/mol. The minimum atomic E-state index is -0.206. The van der Waals surface area contributed by atoms with Gasteiger partial charge in [0.15, 0.2) is 6.29 Å². The molecule has 135 valence electrons. The Hall–Kier alpha value is -0.123. The lowest BCUT2D eigenvalue weighted by molar-refractivity contribution is -0.162. The maximum Gasteiger partial charge on any atom is 0.157 e. The molecule has 2 nitrogen and oxygen atoms in total. The lowest BCUT2D eigenvalue weighted by Crippen LogP contribution is -2.22. The fourth-order valence-electron chi connectivity index (χ4n) is 3.50. The molecule has 2 atom stereocenters. The third kappa shape index (κ3) is 9.68. The van der Waals surface area contributed by atoms with E-state index in [1.54, 1.807) is 0 Å². The van der Waals surface area contributed by atoms with Gasteiger partial charge in [-0.1, -0.05) is 64.1 Å². The van der Waals surface area contributed by atoms with E-state index in [-0.39, 0.29) is 15.1 Å². The van der Waals surface area contributed by atoms with Gasteiger partial charge in [0.25, 0.3) is 0 Å². The number of hydrogen-bond donors (Lipinski definition) is 0. The van der Waals surface area contributed by atoms with Crippen molar-refractivity contribution in [3.8, 4) is 0 Å². The van der Waals surface area contributed by atoms with Crippen LogP contribution >= 0.6 is 0 Å². The van der Waals surface area contributed by atoms with E-state index in [0.29, 0.717) is 0 Å². The minimum Gasteiger partial charge on any atom is -0.353 e. The topological polar surface area (TPSA) is 18.5 Å². The van der Waals surface area contributed by atoms with E-state index in [1.165, 1.54) is 69.9 Å². The van der Waals surface area contributed by atoms with Crippen LogP contribution in [0.2, 0.25) is 17.6 Å². The van der Waals surface area contributed by atoms with Crippen molar-refractivity contribution >= 4 is 8.80 Å². The van der Waals surface area contributed by atoms with E-state index < -0.39 is 0 Å². The number of hydrogen-bond acceptors (Lipinski definition) is 2. The SMILES string of the molecule is C=CC(CCCCCCOC1CCCCO1)[Si](CCC)CCC. The first-order chi connectivity index (χ1) is 11.3. The van der Waals surface area contributed by atoms with Gasteiger partial charge in [-0.15, -0.1) is 6.58 Å². The molecule has 0 N–H and O–H groups in total. The molecule has 1 radical (unpaired) electrons. The molecule has 1 fully saturated rings. The normalized spacial score (nSPS) is 19.9. The molecule has 2 unspecified atom stereocenters. The summed E-state index contributed by atoms with van der Waals surface area (Å²) in [5, 5.41) is 0. The molecule has 0 amide bonds. The van der Waals surface area contributed by atoms with Crippen LogP contribution in [0.25, 0.3) is 0 Å².